The first-order chi connectivity index (χ1) is 9.11. The van der Waals surface area contributed by atoms with Gasteiger partial charge in [-0.3, -0.25) is 5.41 Å². The summed E-state index contributed by atoms with van der Waals surface area (Å²) >= 11 is 5.89. The summed E-state index contributed by atoms with van der Waals surface area (Å²) in [6.07, 6.45) is 0. The lowest BCUT2D eigenvalue weighted by Gasteiger charge is -2.13. The van der Waals surface area contributed by atoms with Crippen molar-refractivity contribution in [2.24, 2.45) is 5.73 Å². The summed E-state index contributed by atoms with van der Waals surface area (Å²) in [5, 5.41) is 8.04. The van der Waals surface area contributed by atoms with E-state index in [4.69, 9.17) is 32.2 Å². The summed E-state index contributed by atoms with van der Waals surface area (Å²) in [7, 11) is 1.57. The molecule has 0 radical (unpaired) electrons. The van der Waals surface area contributed by atoms with Gasteiger partial charge in [0.1, 0.15) is 11.6 Å². The number of halogens is 1. The normalized spacial score (nSPS) is 10.0. The van der Waals surface area contributed by atoms with Gasteiger partial charge in [-0.25, -0.2) is 0 Å². The minimum atomic E-state index is -0.104. The smallest absolute Gasteiger partial charge is 0.169 e. The molecule has 0 bridgehead atoms. The number of methoxy groups -OCH3 is 1. The molecule has 0 aromatic heterocycles. The molecule has 19 heavy (non-hydrogen) atoms. The summed E-state index contributed by atoms with van der Waals surface area (Å²) < 4.78 is 10.9. The van der Waals surface area contributed by atoms with Crippen LogP contribution >= 0.6 is 11.6 Å². The van der Waals surface area contributed by atoms with Gasteiger partial charge in [-0.15, -0.1) is 0 Å². The van der Waals surface area contributed by atoms with Gasteiger partial charge in [-0.1, -0.05) is 23.7 Å². The molecule has 98 valence electrons. The number of nitrogens with two attached hydrogens (primary N) is 1. The number of amidine groups is 1. The molecule has 2 aromatic carbocycles. The molecule has 0 heterocycles. The van der Waals surface area contributed by atoms with Crippen LogP contribution in [-0.4, -0.2) is 12.9 Å². The summed E-state index contributed by atoms with van der Waals surface area (Å²) in [4.78, 5) is 0. The largest absolute Gasteiger partial charge is 0.493 e. The lowest BCUT2D eigenvalue weighted by atomic mass is 10.2. The van der Waals surface area contributed by atoms with Gasteiger partial charge in [0.15, 0.2) is 11.5 Å². The van der Waals surface area contributed by atoms with Crippen molar-refractivity contribution in [2.45, 2.75) is 0 Å². The molecule has 3 N–H and O–H groups in total. The fourth-order valence-corrected chi connectivity index (χ4v) is 1.80. The van der Waals surface area contributed by atoms with Gasteiger partial charge in [0, 0.05) is 5.02 Å². The first-order valence-electron chi connectivity index (χ1n) is 5.56. The highest BCUT2D eigenvalue weighted by molar-refractivity contribution is 6.31. The Balaban J connectivity index is 2.41. The number of ether oxygens (including phenoxy) is 2. The van der Waals surface area contributed by atoms with Crippen molar-refractivity contribution in [3.8, 4) is 17.2 Å². The first-order valence-corrected chi connectivity index (χ1v) is 5.94. The summed E-state index contributed by atoms with van der Waals surface area (Å²) in [5.41, 5.74) is 5.96. The molecule has 0 unspecified atom stereocenters. The molecule has 0 saturated heterocycles. The second kappa shape index (κ2) is 5.63. The summed E-state index contributed by atoms with van der Waals surface area (Å²) in [5.74, 6) is 1.51. The van der Waals surface area contributed by atoms with E-state index in [1.165, 1.54) is 0 Å². The Bertz CT molecular complexity index is 614. The lowest BCUT2D eigenvalue weighted by Crippen LogP contribution is -2.12. The zero-order valence-electron chi connectivity index (χ0n) is 10.3. The van der Waals surface area contributed by atoms with Crippen molar-refractivity contribution in [3.63, 3.8) is 0 Å². The standard InChI is InChI=1S/C14H13ClN2O2/c1-18-12-4-2-3-5-13(12)19-11-7-6-9(15)8-10(11)14(16)17/h2-8H,1H3,(H3,16,17). The van der Waals surface area contributed by atoms with E-state index < -0.39 is 0 Å². The van der Waals surface area contributed by atoms with Gasteiger partial charge in [-0.2, -0.15) is 0 Å². The van der Waals surface area contributed by atoms with Crippen molar-refractivity contribution >= 4 is 17.4 Å². The molecule has 0 aliphatic heterocycles. The third-order valence-corrected chi connectivity index (χ3v) is 2.76. The number of hydrogen-bond donors (Lipinski definition) is 2. The van der Waals surface area contributed by atoms with Crippen molar-refractivity contribution in [1.82, 2.24) is 0 Å². The Labute approximate surface area is 116 Å². The maximum Gasteiger partial charge on any atom is 0.169 e. The number of para-hydroxylation sites is 2. The predicted molar refractivity (Wildman–Crippen MR) is 75.5 cm³/mol. The molecule has 0 amide bonds. The van der Waals surface area contributed by atoms with Crippen LogP contribution in [0, 0.1) is 5.41 Å². The van der Waals surface area contributed by atoms with Crippen LogP contribution in [0.3, 0.4) is 0 Å². The fraction of sp³-hybridized carbons (Fsp3) is 0.0714. The van der Waals surface area contributed by atoms with Crippen LogP contribution in [0.4, 0.5) is 0 Å². The monoisotopic (exact) mass is 276 g/mol. The van der Waals surface area contributed by atoms with Gasteiger partial charge in [0.2, 0.25) is 0 Å². The number of benzene rings is 2. The highest BCUT2D eigenvalue weighted by Gasteiger charge is 2.11. The second-order valence-electron chi connectivity index (χ2n) is 3.81. The average molecular weight is 277 g/mol. The molecule has 2 rings (SSSR count). The fourth-order valence-electron chi connectivity index (χ4n) is 1.62. The molecule has 5 heteroatoms. The van der Waals surface area contributed by atoms with E-state index in [0.717, 1.165) is 0 Å². The van der Waals surface area contributed by atoms with Gasteiger partial charge in [-0.05, 0) is 30.3 Å². The molecule has 0 saturated carbocycles. The van der Waals surface area contributed by atoms with Crippen LogP contribution in [0.5, 0.6) is 17.2 Å². The molecule has 0 spiro atoms. The highest BCUT2D eigenvalue weighted by Crippen LogP contribution is 2.33. The SMILES string of the molecule is COc1ccccc1Oc1ccc(Cl)cc1C(=N)N. The minimum Gasteiger partial charge on any atom is -0.493 e. The lowest BCUT2D eigenvalue weighted by molar-refractivity contribution is 0.378. The van der Waals surface area contributed by atoms with Crippen LogP contribution in [-0.2, 0) is 0 Å². The molecule has 2 aromatic rings. The third-order valence-electron chi connectivity index (χ3n) is 2.52. The number of hydrogen-bond acceptors (Lipinski definition) is 3. The predicted octanol–water partition coefficient (Wildman–Crippen LogP) is 3.42. The first kappa shape index (κ1) is 13.2. The van der Waals surface area contributed by atoms with Gasteiger partial charge in [0.05, 0.1) is 12.7 Å². The number of nitrogens with one attached hydrogen (secondary N) is 1. The number of rotatable bonds is 4. The van der Waals surface area contributed by atoms with Crippen LogP contribution in [0.1, 0.15) is 5.56 Å². The number of nitrogen functional groups attached to an aromatic ring is 1. The van der Waals surface area contributed by atoms with E-state index in [0.29, 0.717) is 27.8 Å². The van der Waals surface area contributed by atoms with E-state index in [-0.39, 0.29) is 5.84 Å². The van der Waals surface area contributed by atoms with Gasteiger partial charge < -0.3 is 15.2 Å². The van der Waals surface area contributed by atoms with Crippen LogP contribution in [0.15, 0.2) is 42.5 Å². The van der Waals surface area contributed by atoms with E-state index in [1.807, 2.05) is 12.1 Å². The van der Waals surface area contributed by atoms with E-state index in [1.54, 1.807) is 37.4 Å². The Kier molecular flexibility index (Phi) is 3.92. The summed E-state index contributed by atoms with van der Waals surface area (Å²) in [6, 6.07) is 12.2. The Morgan fingerprint density at radius 2 is 1.79 bits per heavy atom. The van der Waals surface area contributed by atoms with Crippen molar-refractivity contribution in [2.75, 3.05) is 7.11 Å². The van der Waals surface area contributed by atoms with Crippen molar-refractivity contribution in [3.05, 3.63) is 53.1 Å². The Morgan fingerprint density at radius 3 is 2.42 bits per heavy atom. The van der Waals surface area contributed by atoms with E-state index >= 15 is 0 Å². The summed E-state index contributed by atoms with van der Waals surface area (Å²) in [6.45, 7) is 0. The topological polar surface area (TPSA) is 68.3 Å². The highest BCUT2D eigenvalue weighted by atomic mass is 35.5. The van der Waals surface area contributed by atoms with Crippen LogP contribution in [0.2, 0.25) is 5.02 Å². The molecular formula is C14H13ClN2O2. The molecule has 0 aliphatic rings. The Morgan fingerprint density at radius 1 is 1.11 bits per heavy atom. The maximum absolute atomic E-state index is 7.55. The van der Waals surface area contributed by atoms with Gasteiger partial charge >= 0.3 is 0 Å². The molecule has 4 nitrogen and oxygen atoms in total. The molecule has 0 atom stereocenters. The second-order valence-corrected chi connectivity index (χ2v) is 4.24. The Hall–Kier alpha value is -2.20. The third kappa shape index (κ3) is 2.98. The molecular weight excluding hydrogens is 264 g/mol. The average Bonchev–Trinajstić information content (AvgIpc) is 2.41. The maximum atomic E-state index is 7.55. The van der Waals surface area contributed by atoms with Gasteiger partial charge in [0.25, 0.3) is 0 Å². The quantitative estimate of drug-likeness (QED) is 0.664. The zero-order valence-corrected chi connectivity index (χ0v) is 11.1. The van der Waals surface area contributed by atoms with Crippen molar-refractivity contribution < 1.29 is 9.47 Å². The van der Waals surface area contributed by atoms with E-state index in [2.05, 4.69) is 0 Å². The van der Waals surface area contributed by atoms with Crippen LogP contribution < -0.4 is 15.2 Å². The molecule has 0 aliphatic carbocycles. The zero-order chi connectivity index (χ0) is 13.8. The minimum absolute atomic E-state index is 0.104. The molecule has 0 fully saturated rings. The van der Waals surface area contributed by atoms with Crippen molar-refractivity contribution in [1.29, 1.82) is 5.41 Å². The van der Waals surface area contributed by atoms with Crippen LogP contribution in [0.25, 0.3) is 0 Å². The van der Waals surface area contributed by atoms with E-state index in [9.17, 15) is 0 Å².